The molecule has 0 bridgehead atoms. The highest BCUT2D eigenvalue weighted by molar-refractivity contribution is 7.89. The van der Waals surface area contributed by atoms with E-state index in [1.165, 1.54) is 4.68 Å². The van der Waals surface area contributed by atoms with Crippen LogP contribution in [-0.4, -0.2) is 56.7 Å². The van der Waals surface area contributed by atoms with Crippen molar-refractivity contribution in [1.82, 2.24) is 14.1 Å². The molecule has 1 aromatic carbocycles. The minimum atomic E-state index is -0.984. The van der Waals surface area contributed by atoms with E-state index in [1.54, 1.807) is 6.20 Å². The highest BCUT2D eigenvalue weighted by atomic mass is 32.2. The number of para-hydroxylation sites is 1. The zero-order valence-corrected chi connectivity index (χ0v) is 19.6. The van der Waals surface area contributed by atoms with E-state index in [0.717, 1.165) is 12.1 Å². The average Bonchev–Trinajstić information content (AvgIpc) is 3.39. The summed E-state index contributed by atoms with van der Waals surface area (Å²) in [6, 6.07) is 9.41. The minimum absolute atomic E-state index is 0.101. The predicted molar refractivity (Wildman–Crippen MR) is 124 cm³/mol. The molecule has 1 saturated heterocycles. The number of rotatable bonds is 7. The van der Waals surface area contributed by atoms with E-state index in [1.807, 2.05) is 48.5 Å². The van der Waals surface area contributed by atoms with Gasteiger partial charge < -0.3 is 14.2 Å². The number of hydrogen-bond acceptors (Lipinski definition) is 6. The van der Waals surface area contributed by atoms with Gasteiger partial charge in [0.1, 0.15) is 10.9 Å². The molecule has 2 unspecified atom stereocenters. The van der Waals surface area contributed by atoms with Gasteiger partial charge in [0.15, 0.2) is 0 Å². The SMILES string of the molecule is CC(C)[S+]([O-])N1CCN(c2cnn(-c3ccccc3)c(=O)c2OCC2CC2(C)C)CC1. The molecular formula is C23H32N4O3S. The highest BCUT2D eigenvalue weighted by Crippen LogP contribution is 2.51. The Hall–Kier alpha value is -2.03. The number of aromatic nitrogens is 2. The van der Waals surface area contributed by atoms with Crippen LogP contribution in [0.2, 0.25) is 0 Å². The fraction of sp³-hybridized carbons (Fsp3) is 0.565. The van der Waals surface area contributed by atoms with Gasteiger partial charge in [0.25, 0.3) is 0 Å². The summed E-state index contributed by atoms with van der Waals surface area (Å²) in [5, 5.41) is 4.55. The molecule has 2 aliphatic rings. The summed E-state index contributed by atoms with van der Waals surface area (Å²) in [7, 11) is 0. The van der Waals surface area contributed by atoms with Crippen molar-refractivity contribution in [1.29, 1.82) is 0 Å². The van der Waals surface area contributed by atoms with Crippen molar-refractivity contribution >= 4 is 17.0 Å². The van der Waals surface area contributed by atoms with E-state index in [2.05, 4.69) is 23.8 Å². The molecule has 168 valence electrons. The second kappa shape index (κ2) is 8.84. The number of ether oxygens (including phenoxy) is 1. The first-order valence-electron chi connectivity index (χ1n) is 11.0. The van der Waals surface area contributed by atoms with Crippen LogP contribution >= 0.6 is 0 Å². The molecule has 1 saturated carbocycles. The molecule has 7 nitrogen and oxygen atoms in total. The van der Waals surface area contributed by atoms with Gasteiger partial charge in [0, 0.05) is 24.5 Å². The first kappa shape index (κ1) is 22.2. The Morgan fingerprint density at radius 3 is 2.42 bits per heavy atom. The standard InChI is InChI=1S/C23H32N4O3S/c1-17(2)31(29)26-12-10-25(11-13-26)20-15-24-27(19-8-6-5-7-9-19)22(28)21(20)30-16-18-14-23(18,3)4/h5-9,15,17-18H,10-14,16H2,1-4H3. The van der Waals surface area contributed by atoms with Crippen molar-refractivity contribution in [3.05, 3.63) is 46.9 Å². The maximum Gasteiger partial charge on any atom is 0.316 e. The van der Waals surface area contributed by atoms with E-state index >= 15 is 0 Å². The number of benzene rings is 1. The molecule has 0 amide bonds. The lowest BCUT2D eigenvalue weighted by Crippen LogP contribution is -2.50. The largest absolute Gasteiger partial charge is 0.598 e. The van der Waals surface area contributed by atoms with Crippen molar-refractivity contribution in [2.24, 2.45) is 11.3 Å². The fourth-order valence-electron chi connectivity index (χ4n) is 3.99. The van der Waals surface area contributed by atoms with E-state index in [9.17, 15) is 9.35 Å². The highest BCUT2D eigenvalue weighted by Gasteiger charge is 2.46. The van der Waals surface area contributed by atoms with Crippen molar-refractivity contribution < 1.29 is 9.29 Å². The number of anilines is 1. The molecular weight excluding hydrogens is 412 g/mol. The summed E-state index contributed by atoms with van der Waals surface area (Å²) in [5.41, 5.74) is 1.48. The summed E-state index contributed by atoms with van der Waals surface area (Å²) in [5.74, 6) is 0.823. The topological polar surface area (TPSA) is 73.7 Å². The quantitative estimate of drug-likeness (QED) is 0.612. The Morgan fingerprint density at radius 2 is 1.84 bits per heavy atom. The van der Waals surface area contributed by atoms with Crippen LogP contribution in [-0.2, 0) is 11.4 Å². The second-order valence-corrected chi connectivity index (χ2v) is 11.4. The predicted octanol–water partition coefficient (Wildman–Crippen LogP) is 2.85. The monoisotopic (exact) mass is 444 g/mol. The number of piperazine rings is 1. The van der Waals surface area contributed by atoms with Crippen LogP contribution in [0, 0.1) is 11.3 Å². The van der Waals surface area contributed by atoms with Crippen LogP contribution in [0.15, 0.2) is 41.3 Å². The van der Waals surface area contributed by atoms with Gasteiger partial charge in [-0.15, -0.1) is 4.31 Å². The average molecular weight is 445 g/mol. The summed E-state index contributed by atoms with van der Waals surface area (Å²) in [6.07, 6.45) is 2.84. The summed E-state index contributed by atoms with van der Waals surface area (Å²) in [6.45, 7) is 11.7. The molecule has 4 rings (SSSR count). The fourth-order valence-corrected chi connectivity index (χ4v) is 5.11. The molecule has 0 N–H and O–H groups in total. The van der Waals surface area contributed by atoms with Crippen LogP contribution < -0.4 is 15.2 Å². The second-order valence-electron chi connectivity index (χ2n) is 9.35. The van der Waals surface area contributed by atoms with Crippen molar-refractivity contribution in [3.8, 4) is 11.4 Å². The Balaban J connectivity index is 1.59. The van der Waals surface area contributed by atoms with Gasteiger partial charge in [-0.1, -0.05) is 32.0 Å². The maximum absolute atomic E-state index is 13.4. The maximum atomic E-state index is 13.4. The number of hydrogen-bond donors (Lipinski definition) is 0. The first-order valence-corrected chi connectivity index (χ1v) is 12.2. The summed E-state index contributed by atoms with van der Waals surface area (Å²) in [4.78, 5) is 15.5. The van der Waals surface area contributed by atoms with Gasteiger partial charge in [-0.25, -0.2) is 0 Å². The van der Waals surface area contributed by atoms with Gasteiger partial charge in [-0.3, -0.25) is 4.79 Å². The van der Waals surface area contributed by atoms with Gasteiger partial charge >= 0.3 is 5.56 Å². The normalized spacial score (nSPS) is 21.9. The van der Waals surface area contributed by atoms with E-state index in [-0.39, 0.29) is 16.2 Å². The first-order chi connectivity index (χ1) is 14.8. The molecule has 1 aliphatic carbocycles. The van der Waals surface area contributed by atoms with Gasteiger partial charge in [0.2, 0.25) is 5.75 Å². The Bertz CT molecular complexity index is 955. The van der Waals surface area contributed by atoms with Crippen LogP contribution in [0.1, 0.15) is 34.1 Å². The molecule has 2 fully saturated rings. The van der Waals surface area contributed by atoms with Crippen LogP contribution in [0.4, 0.5) is 5.69 Å². The molecule has 0 spiro atoms. The van der Waals surface area contributed by atoms with Gasteiger partial charge in [-0.2, -0.15) is 9.78 Å². The lowest BCUT2D eigenvalue weighted by molar-refractivity contribution is 0.273. The molecule has 8 heteroatoms. The smallest absolute Gasteiger partial charge is 0.316 e. The molecule has 1 aliphatic heterocycles. The molecule has 1 aromatic heterocycles. The zero-order chi connectivity index (χ0) is 22.2. The van der Waals surface area contributed by atoms with E-state index in [0.29, 0.717) is 50.1 Å². The third kappa shape index (κ3) is 4.76. The van der Waals surface area contributed by atoms with Crippen LogP contribution in [0.25, 0.3) is 5.69 Å². The van der Waals surface area contributed by atoms with Crippen LogP contribution in [0.5, 0.6) is 5.75 Å². The Labute approximate surface area is 187 Å². The van der Waals surface area contributed by atoms with E-state index in [4.69, 9.17) is 4.74 Å². The lowest BCUT2D eigenvalue weighted by Gasteiger charge is -2.36. The molecule has 0 radical (unpaired) electrons. The van der Waals surface area contributed by atoms with Gasteiger partial charge in [-0.05, 0) is 43.7 Å². The molecule has 2 aromatic rings. The van der Waals surface area contributed by atoms with Gasteiger partial charge in [0.05, 0.1) is 31.6 Å². The zero-order valence-electron chi connectivity index (χ0n) is 18.8. The van der Waals surface area contributed by atoms with Crippen molar-refractivity contribution in [3.63, 3.8) is 0 Å². The molecule has 2 heterocycles. The van der Waals surface area contributed by atoms with Crippen molar-refractivity contribution in [2.75, 3.05) is 37.7 Å². The third-order valence-electron chi connectivity index (χ3n) is 6.30. The summed E-state index contributed by atoms with van der Waals surface area (Å²) >= 11 is -0.984. The molecule has 2 atom stereocenters. The molecule has 31 heavy (non-hydrogen) atoms. The summed E-state index contributed by atoms with van der Waals surface area (Å²) < 4.78 is 22.0. The van der Waals surface area contributed by atoms with Crippen molar-refractivity contribution in [2.45, 2.75) is 39.4 Å². The third-order valence-corrected chi connectivity index (χ3v) is 7.98. The Morgan fingerprint density at radius 1 is 1.19 bits per heavy atom. The minimum Gasteiger partial charge on any atom is -0.598 e. The van der Waals surface area contributed by atoms with Crippen LogP contribution in [0.3, 0.4) is 0 Å². The number of nitrogens with zero attached hydrogens (tertiary/aromatic N) is 4. The van der Waals surface area contributed by atoms with E-state index < -0.39 is 11.4 Å². The Kier molecular flexibility index (Phi) is 6.32. The lowest BCUT2D eigenvalue weighted by atomic mass is 10.1.